The van der Waals surface area contributed by atoms with Crippen LogP contribution in [-0.4, -0.2) is 35.6 Å². The van der Waals surface area contributed by atoms with Crippen molar-refractivity contribution in [1.29, 1.82) is 0 Å². The second-order valence-electron chi connectivity index (χ2n) is 4.32. The summed E-state index contributed by atoms with van der Waals surface area (Å²) in [6.07, 6.45) is 0.930. The second-order valence-corrected chi connectivity index (χ2v) is 4.32. The number of amides is 1. The van der Waals surface area contributed by atoms with E-state index < -0.39 is 12.0 Å². The van der Waals surface area contributed by atoms with Crippen LogP contribution in [0.15, 0.2) is 0 Å². The fraction of sp³-hybridized carbons (Fsp3) is 0.818. The van der Waals surface area contributed by atoms with Gasteiger partial charge < -0.3 is 15.7 Å². The van der Waals surface area contributed by atoms with Gasteiger partial charge in [-0.25, -0.2) is 4.79 Å². The monoisotopic (exact) mass is 230 g/mol. The summed E-state index contributed by atoms with van der Waals surface area (Å²) in [5, 5.41) is 14.4. The van der Waals surface area contributed by atoms with Gasteiger partial charge in [-0.15, -0.1) is 0 Å². The van der Waals surface area contributed by atoms with Crippen molar-refractivity contribution in [1.82, 2.24) is 10.6 Å². The van der Waals surface area contributed by atoms with Crippen LogP contribution in [0.25, 0.3) is 0 Å². The molecule has 0 aliphatic heterocycles. The molecule has 0 spiro atoms. The molecule has 2 atom stereocenters. The van der Waals surface area contributed by atoms with Crippen LogP contribution in [0.1, 0.15) is 34.1 Å². The minimum absolute atomic E-state index is 0.120. The summed E-state index contributed by atoms with van der Waals surface area (Å²) in [5.74, 6) is -1.39. The summed E-state index contributed by atoms with van der Waals surface area (Å²) >= 11 is 0. The number of carbonyl (C=O) groups is 2. The zero-order chi connectivity index (χ0) is 12.7. The van der Waals surface area contributed by atoms with Crippen molar-refractivity contribution >= 4 is 11.9 Å². The number of carboxylic acid groups (broad SMARTS) is 1. The van der Waals surface area contributed by atoms with Crippen LogP contribution in [0.2, 0.25) is 0 Å². The van der Waals surface area contributed by atoms with Gasteiger partial charge in [0.15, 0.2) is 0 Å². The number of nitrogens with one attached hydrogen (secondary N) is 2. The summed E-state index contributed by atoms with van der Waals surface area (Å²) in [6.45, 7) is 7.68. The molecule has 0 aromatic heterocycles. The number of hydrogen-bond donors (Lipinski definition) is 3. The molecule has 94 valence electrons. The second kappa shape index (κ2) is 7.22. The molecule has 5 heteroatoms. The fourth-order valence-electron chi connectivity index (χ4n) is 1.15. The van der Waals surface area contributed by atoms with E-state index >= 15 is 0 Å². The third-order valence-electron chi connectivity index (χ3n) is 2.47. The molecule has 0 aliphatic rings. The van der Waals surface area contributed by atoms with Gasteiger partial charge in [-0.05, 0) is 19.3 Å². The minimum Gasteiger partial charge on any atom is -0.480 e. The highest BCUT2D eigenvalue weighted by Crippen LogP contribution is 2.01. The Morgan fingerprint density at radius 2 is 1.81 bits per heavy atom. The van der Waals surface area contributed by atoms with Crippen LogP contribution in [0, 0.1) is 5.92 Å². The molecule has 2 unspecified atom stereocenters. The standard InChI is InChI=1S/C11H22N2O3/c1-5-8(4)12-6-9(14)13-10(7(2)3)11(15)16/h7-8,10,12H,5-6H2,1-4H3,(H,13,14)(H,15,16). The summed E-state index contributed by atoms with van der Waals surface area (Å²) in [4.78, 5) is 22.3. The Kier molecular flexibility index (Phi) is 6.72. The van der Waals surface area contributed by atoms with Crippen molar-refractivity contribution in [3.05, 3.63) is 0 Å². The summed E-state index contributed by atoms with van der Waals surface area (Å²) in [5.41, 5.74) is 0. The van der Waals surface area contributed by atoms with Gasteiger partial charge in [-0.2, -0.15) is 0 Å². The third kappa shape index (κ3) is 5.70. The van der Waals surface area contributed by atoms with Crippen LogP contribution in [0.3, 0.4) is 0 Å². The molecule has 3 N–H and O–H groups in total. The first-order chi connectivity index (χ1) is 7.38. The normalized spacial score (nSPS) is 14.6. The topological polar surface area (TPSA) is 78.4 Å². The number of hydrogen-bond acceptors (Lipinski definition) is 3. The van der Waals surface area contributed by atoms with E-state index in [9.17, 15) is 9.59 Å². The molecule has 0 fully saturated rings. The molecule has 0 aliphatic carbocycles. The van der Waals surface area contributed by atoms with Crippen molar-refractivity contribution in [3.63, 3.8) is 0 Å². The summed E-state index contributed by atoms with van der Waals surface area (Å²) in [7, 11) is 0. The average Bonchev–Trinajstić information content (AvgIpc) is 2.21. The molecule has 0 bridgehead atoms. The molecule has 0 aromatic rings. The lowest BCUT2D eigenvalue weighted by atomic mass is 10.0. The SMILES string of the molecule is CCC(C)NCC(=O)NC(C(=O)O)C(C)C. The summed E-state index contributed by atoms with van der Waals surface area (Å²) in [6, 6.07) is -0.556. The van der Waals surface area contributed by atoms with E-state index in [1.54, 1.807) is 13.8 Å². The van der Waals surface area contributed by atoms with Gasteiger partial charge in [0.25, 0.3) is 0 Å². The van der Waals surface area contributed by atoms with E-state index in [0.29, 0.717) is 0 Å². The van der Waals surface area contributed by atoms with Crippen molar-refractivity contribution in [2.45, 2.75) is 46.2 Å². The predicted octanol–water partition coefficient (Wildman–Crippen LogP) is 0.600. The zero-order valence-corrected chi connectivity index (χ0v) is 10.4. The van der Waals surface area contributed by atoms with Gasteiger partial charge in [0, 0.05) is 6.04 Å². The van der Waals surface area contributed by atoms with E-state index in [1.165, 1.54) is 0 Å². The highest BCUT2D eigenvalue weighted by atomic mass is 16.4. The molecule has 0 radical (unpaired) electrons. The maximum Gasteiger partial charge on any atom is 0.326 e. The van der Waals surface area contributed by atoms with Gasteiger partial charge in [0.2, 0.25) is 5.91 Å². The van der Waals surface area contributed by atoms with Crippen molar-refractivity contribution in [2.24, 2.45) is 5.92 Å². The van der Waals surface area contributed by atoms with Crippen LogP contribution in [0.5, 0.6) is 0 Å². The maximum atomic E-state index is 11.4. The van der Waals surface area contributed by atoms with E-state index in [1.807, 2.05) is 13.8 Å². The number of rotatable bonds is 7. The minimum atomic E-state index is -0.994. The Balaban J connectivity index is 4.06. The molecule has 0 saturated carbocycles. The predicted molar refractivity (Wildman–Crippen MR) is 62.2 cm³/mol. The zero-order valence-electron chi connectivity index (χ0n) is 10.4. The molecular weight excluding hydrogens is 208 g/mol. The van der Waals surface area contributed by atoms with E-state index in [4.69, 9.17) is 5.11 Å². The molecule has 0 heterocycles. The molecule has 0 saturated heterocycles. The van der Waals surface area contributed by atoms with E-state index in [2.05, 4.69) is 10.6 Å². The lowest BCUT2D eigenvalue weighted by molar-refractivity contribution is -0.143. The van der Waals surface area contributed by atoms with E-state index in [-0.39, 0.29) is 24.4 Å². The van der Waals surface area contributed by atoms with Gasteiger partial charge in [0.1, 0.15) is 6.04 Å². The third-order valence-corrected chi connectivity index (χ3v) is 2.47. The highest BCUT2D eigenvalue weighted by Gasteiger charge is 2.23. The summed E-state index contributed by atoms with van der Waals surface area (Å²) < 4.78 is 0. The van der Waals surface area contributed by atoms with Gasteiger partial charge in [0.05, 0.1) is 6.54 Å². The smallest absolute Gasteiger partial charge is 0.326 e. The van der Waals surface area contributed by atoms with Gasteiger partial charge >= 0.3 is 5.97 Å². The highest BCUT2D eigenvalue weighted by molar-refractivity contribution is 5.84. The van der Waals surface area contributed by atoms with Gasteiger partial charge in [-0.1, -0.05) is 20.8 Å². The number of aliphatic carboxylic acids is 1. The lowest BCUT2D eigenvalue weighted by Gasteiger charge is -2.18. The average molecular weight is 230 g/mol. The van der Waals surface area contributed by atoms with Gasteiger partial charge in [-0.3, -0.25) is 4.79 Å². The molecule has 0 aromatic carbocycles. The van der Waals surface area contributed by atoms with E-state index in [0.717, 1.165) is 6.42 Å². The first kappa shape index (κ1) is 14.9. The van der Waals surface area contributed by atoms with Crippen molar-refractivity contribution in [3.8, 4) is 0 Å². The molecule has 1 amide bonds. The quantitative estimate of drug-likeness (QED) is 0.598. The Bertz CT molecular complexity index is 241. The van der Waals surface area contributed by atoms with Crippen LogP contribution in [-0.2, 0) is 9.59 Å². The first-order valence-corrected chi connectivity index (χ1v) is 5.64. The van der Waals surface area contributed by atoms with Crippen LogP contribution < -0.4 is 10.6 Å². The maximum absolute atomic E-state index is 11.4. The molecular formula is C11H22N2O3. The Hall–Kier alpha value is -1.10. The molecule has 5 nitrogen and oxygen atoms in total. The fourth-order valence-corrected chi connectivity index (χ4v) is 1.15. The van der Waals surface area contributed by atoms with Crippen LogP contribution in [0.4, 0.5) is 0 Å². The molecule has 0 rings (SSSR count). The number of carboxylic acids is 1. The largest absolute Gasteiger partial charge is 0.480 e. The Labute approximate surface area is 96.6 Å². The van der Waals surface area contributed by atoms with Crippen molar-refractivity contribution < 1.29 is 14.7 Å². The van der Waals surface area contributed by atoms with Crippen LogP contribution >= 0.6 is 0 Å². The first-order valence-electron chi connectivity index (χ1n) is 5.64. The Morgan fingerprint density at radius 1 is 1.25 bits per heavy atom. The Morgan fingerprint density at radius 3 is 2.19 bits per heavy atom. The van der Waals surface area contributed by atoms with Crippen molar-refractivity contribution in [2.75, 3.05) is 6.54 Å². The number of carbonyl (C=O) groups excluding carboxylic acids is 1. The molecule has 16 heavy (non-hydrogen) atoms. The lowest BCUT2D eigenvalue weighted by Crippen LogP contribution is -2.48.